The lowest BCUT2D eigenvalue weighted by Crippen LogP contribution is -2.66. The Morgan fingerprint density at radius 3 is 1.60 bits per heavy atom. The third kappa shape index (κ3) is 6.02. The minimum absolute atomic E-state index is 0.224. The number of ether oxygens (including phenoxy) is 3. The van der Waals surface area contributed by atoms with Crippen LogP contribution < -0.4 is 0 Å². The first kappa shape index (κ1) is 26.1. The minimum Gasteiger partial charge on any atom is -0.455 e. The zero-order valence-electron chi connectivity index (χ0n) is 18.4. The van der Waals surface area contributed by atoms with Gasteiger partial charge in [-0.3, -0.25) is 9.59 Å². The lowest BCUT2D eigenvalue weighted by Gasteiger charge is -2.44. The number of esters is 3. The smallest absolute Gasteiger partial charge is 0.333 e. The molecule has 0 aromatic carbocycles. The highest BCUT2D eigenvalue weighted by molar-refractivity contribution is 5.87. The fraction of sp³-hybridized carbons (Fsp3) is 0.762. The molecular formula is C21H34O9. The second-order valence-electron chi connectivity index (χ2n) is 7.73. The van der Waals surface area contributed by atoms with Gasteiger partial charge in [-0.05, 0) is 26.7 Å². The van der Waals surface area contributed by atoms with Crippen molar-refractivity contribution in [1.29, 1.82) is 0 Å². The van der Waals surface area contributed by atoms with Crippen LogP contribution in [-0.4, -0.2) is 69.9 Å². The van der Waals surface area contributed by atoms with Crippen LogP contribution in [0.25, 0.3) is 0 Å². The van der Waals surface area contributed by atoms with Crippen LogP contribution in [0.1, 0.15) is 54.4 Å². The molecule has 3 N–H and O–H groups in total. The summed E-state index contributed by atoms with van der Waals surface area (Å²) in [5.74, 6) is -3.19. The number of aliphatic hydroxyl groups excluding tert-OH is 3. The van der Waals surface area contributed by atoms with Crippen molar-refractivity contribution >= 4 is 17.9 Å². The Bertz CT molecular complexity index is 644. The SMILES string of the molecule is C/C=C(/C)C(=O)O[C@H]1[C@H](O)[C@@H](O)[C@H](OC(=O)[C@H](C)CC)[C@H](OC(=O)[C@H](C)CC)[C@@H]1O. The second-order valence-corrected chi connectivity index (χ2v) is 7.73. The van der Waals surface area contributed by atoms with Gasteiger partial charge in [-0.1, -0.05) is 33.8 Å². The highest BCUT2D eigenvalue weighted by Crippen LogP contribution is 2.30. The molecule has 1 rings (SSSR count). The van der Waals surface area contributed by atoms with E-state index in [1.165, 1.54) is 13.0 Å². The first-order valence-corrected chi connectivity index (χ1v) is 10.3. The Hall–Kier alpha value is -1.97. The number of hydrogen-bond donors (Lipinski definition) is 3. The van der Waals surface area contributed by atoms with Gasteiger partial charge in [-0.25, -0.2) is 4.79 Å². The Balaban J connectivity index is 3.22. The molecule has 1 fully saturated rings. The minimum atomic E-state index is -1.76. The summed E-state index contributed by atoms with van der Waals surface area (Å²) in [7, 11) is 0. The molecule has 1 aliphatic rings. The molecule has 0 bridgehead atoms. The van der Waals surface area contributed by atoms with Gasteiger partial charge in [-0.2, -0.15) is 0 Å². The van der Waals surface area contributed by atoms with Gasteiger partial charge in [0.05, 0.1) is 11.8 Å². The van der Waals surface area contributed by atoms with E-state index in [0.717, 1.165) is 0 Å². The average molecular weight is 430 g/mol. The first-order chi connectivity index (χ1) is 14.0. The highest BCUT2D eigenvalue weighted by atomic mass is 16.6. The van der Waals surface area contributed by atoms with E-state index in [0.29, 0.717) is 12.8 Å². The van der Waals surface area contributed by atoms with Crippen LogP contribution in [0.5, 0.6) is 0 Å². The Morgan fingerprint density at radius 1 is 0.800 bits per heavy atom. The number of rotatable bonds is 8. The third-order valence-electron chi connectivity index (χ3n) is 5.55. The van der Waals surface area contributed by atoms with Crippen LogP contribution in [0, 0.1) is 11.8 Å². The molecule has 0 saturated heterocycles. The normalized spacial score (nSPS) is 31.4. The van der Waals surface area contributed by atoms with Crippen molar-refractivity contribution in [3.05, 3.63) is 11.6 Å². The van der Waals surface area contributed by atoms with Crippen molar-refractivity contribution in [3.63, 3.8) is 0 Å². The molecule has 8 atom stereocenters. The lowest BCUT2D eigenvalue weighted by atomic mass is 9.84. The van der Waals surface area contributed by atoms with Crippen molar-refractivity contribution in [3.8, 4) is 0 Å². The quantitative estimate of drug-likeness (QED) is 0.291. The number of aliphatic hydroxyl groups is 3. The summed E-state index contributed by atoms with van der Waals surface area (Å²) in [5.41, 5.74) is 0.224. The van der Waals surface area contributed by atoms with Crippen LogP contribution in [0.2, 0.25) is 0 Å². The molecule has 0 spiro atoms. The average Bonchev–Trinajstić information content (AvgIpc) is 2.74. The van der Waals surface area contributed by atoms with Gasteiger partial charge < -0.3 is 29.5 Å². The summed E-state index contributed by atoms with van der Waals surface area (Å²) >= 11 is 0. The van der Waals surface area contributed by atoms with Gasteiger partial charge in [0.1, 0.15) is 18.3 Å². The fourth-order valence-electron chi connectivity index (χ4n) is 2.75. The van der Waals surface area contributed by atoms with E-state index in [1.807, 2.05) is 0 Å². The number of allylic oxidation sites excluding steroid dienone is 1. The lowest BCUT2D eigenvalue weighted by molar-refractivity contribution is -0.248. The van der Waals surface area contributed by atoms with Gasteiger partial charge in [-0.15, -0.1) is 0 Å². The zero-order chi connectivity index (χ0) is 23.2. The van der Waals surface area contributed by atoms with Gasteiger partial charge in [0, 0.05) is 5.57 Å². The van der Waals surface area contributed by atoms with Crippen molar-refractivity contribution in [2.24, 2.45) is 11.8 Å². The summed E-state index contributed by atoms with van der Waals surface area (Å²) in [6, 6.07) is 0. The third-order valence-corrected chi connectivity index (χ3v) is 5.55. The molecule has 0 aromatic heterocycles. The maximum Gasteiger partial charge on any atom is 0.333 e. The Labute approximate surface area is 177 Å². The van der Waals surface area contributed by atoms with Crippen molar-refractivity contribution in [1.82, 2.24) is 0 Å². The largest absolute Gasteiger partial charge is 0.455 e. The van der Waals surface area contributed by atoms with Gasteiger partial charge >= 0.3 is 17.9 Å². The van der Waals surface area contributed by atoms with E-state index >= 15 is 0 Å². The van der Waals surface area contributed by atoms with Crippen molar-refractivity contribution in [2.45, 2.75) is 91.0 Å². The molecule has 30 heavy (non-hydrogen) atoms. The summed E-state index contributed by atoms with van der Waals surface area (Å²) in [5, 5.41) is 31.8. The summed E-state index contributed by atoms with van der Waals surface area (Å²) in [6.45, 7) is 9.88. The van der Waals surface area contributed by atoms with E-state index in [-0.39, 0.29) is 5.57 Å². The van der Waals surface area contributed by atoms with E-state index < -0.39 is 66.4 Å². The first-order valence-electron chi connectivity index (χ1n) is 10.3. The van der Waals surface area contributed by atoms with Crippen LogP contribution in [0.4, 0.5) is 0 Å². The molecule has 0 heterocycles. The Kier molecular flexibility index (Phi) is 9.93. The fourth-order valence-corrected chi connectivity index (χ4v) is 2.75. The van der Waals surface area contributed by atoms with E-state index in [2.05, 4.69) is 0 Å². The van der Waals surface area contributed by atoms with Gasteiger partial charge in [0.15, 0.2) is 18.3 Å². The Morgan fingerprint density at radius 2 is 1.20 bits per heavy atom. The second kappa shape index (κ2) is 11.4. The van der Waals surface area contributed by atoms with E-state index in [9.17, 15) is 29.7 Å². The zero-order valence-corrected chi connectivity index (χ0v) is 18.4. The molecule has 9 heteroatoms. The summed E-state index contributed by atoms with van der Waals surface area (Å²) in [6.07, 6.45) is -7.46. The molecule has 172 valence electrons. The molecule has 1 saturated carbocycles. The van der Waals surface area contributed by atoms with Crippen LogP contribution in [0.3, 0.4) is 0 Å². The monoisotopic (exact) mass is 430 g/mol. The van der Waals surface area contributed by atoms with Crippen molar-refractivity contribution in [2.75, 3.05) is 0 Å². The van der Waals surface area contributed by atoms with Crippen LogP contribution in [0.15, 0.2) is 11.6 Å². The van der Waals surface area contributed by atoms with E-state index in [1.54, 1.807) is 34.6 Å². The molecule has 0 radical (unpaired) electrons. The van der Waals surface area contributed by atoms with Gasteiger partial charge in [0.25, 0.3) is 0 Å². The molecule has 0 unspecified atom stereocenters. The number of carbonyl (C=O) groups excluding carboxylic acids is 3. The number of carbonyl (C=O) groups is 3. The van der Waals surface area contributed by atoms with Crippen molar-refractivity contribution < 1.29 is 43.9 Å². The topological polar surface area (TPSA) is 140 Å². The highest BCUT2D eigenvalue weighted by Gasteiger charge is 2.55. The van der Waals surface area contributed by atoms with Crippen LogP contribution in [-0.2, 0) is 28.6 Å². The summed E-state index contributed by atoms with van der Waals surface area (Å²) < 4.78 is 15.8. The maximum atomic E-state index is 12.3. The predicted octanol–water partition coefficient (Wildman–Crippen LogP) is 0.876. The molecule has 0 amide bonds. The predicted molar refractivity (Wildman–Crippen MR) is 106 cm³/mol. The number of hydrogen-bond acceptors (Lipinski definition) is 9. The molecular weight excluding hydrogens is 396 g/mol. The van der Waals surface area contributed by atoms with Gasteiger partial charge in [0.2, 0.25) is 0 Å². The maximum absolute atomic E-state index is 12.3. The summed E-state index contributed by atoms with van der Waals surface area (Å²) in [4.78, 5) is 36.7. The van der Waals surface area contributed by atoms with Crippen LogP contribution >= 0.6 is 0 Å². The van der Waals surface area contributed by atoms with E-state index in [4.69, 9.17) is 14.2 Å². The molecule has 0 aliphatic heterocycles. The standard InChI is InChI=1S/C21H34O9/c1-7-10(4)19(25)28-16-13(22)14(23)17(29-20(26)11(5)8-2)18(15(16)24)30-21(27)12(6)9-3/h7,11-18,22-24H,8-9H2,1-6H3/b10-7-/t11-,12-,13-,14-,15-,16+,17+,18-/m1/s1. The molecule has 0 aromatic rings. The molecule has 9 nitrogen and oxygen atoms in total. The molecule has 1 aliphatic carbocycles.